The number of pyridine rings is 1. The molecule has 1 saturated carbocycles. The third kappa shape index (κ3) is 2.56. The van der Waals surface area contributed by atoms with E-state index in [0.717, 1.165) is 31.4 Å². The number of anilines is 1. The first-order valence-electron chi connectivity index (χ1n) is 6.92. The Balaban J connectivity index is 1.97. The van der Waals surface area contributed by atoms with Crippen molar-refractivity contribution in [3.05, 3.63) is 23.4 Å². The van der Waals surface area contributed by atoms with Gasteiger partial charge in [0.15, 0.2) is 0 Å². The first-order valence-corrected chi connectivity index (χ1v) is 6.92. The Morgan fingerprint density at radius 1 is 1.24 bits per heavy atom. The molecule has 2 unspecified atom stereocenters. The second-order valence-corrected chi connectivity index (χ2v) is 5.73. The van der Waals surface area contributed by atoms with E-state index in [9.17, 15) is 23.1 Å². The minimum absolute atomic E-state index is 0.0493. The first kappa shape index (κ1) is 14.2. The van der Waals surface area contributed by atoms with E-state index < -0.39 is 17.8 Å². The lowest BCUT2D eigenvalue weighted by atomic mass is 10.0. The molecule has 1 aromatic heterocycles. The number of alkyl halides is 3. The zero-order chi connectivity index (χ0) is 15.2. The van der Waals surface area contributed by atoms with Gasteiger partial charge in [0.25, 0.3) is 0 Å². The number of halogens is 3. The largest absolute Gasteiger partial charge is 0.478 e. The number of aromatic carboxylic acids is 1. The van der Waals surface area contributed by atoms with Crippen molar-refractivity contribution >= 4 is 11.8 Å². The van der Waals surface area contributed by atoms with Crippen LogP contribution in [-0.2, 0) is 6.18 Å². The lowest BCUT2D eigenvalue weighted by molar-refractivity contribution is -0.141. The molecule has 1 saturated heterocycles. The van der Waals surface area contributed by atoms with Crippen molar-refractivity contribution < 1.29 is 23.1 Å². The van der Waals surface area contributed by atoms with Gasteiger partial charge in [0.05, 0.1) is 0 Å². The SMILES string of the molecule is O=C(O)c1ccc(C(F)(F)F)nc1N1CC2CCCC2C1. The van der Waals surface area contributed by atoms with Gasteiger partial charge in [0, 0.05) is 13.1 Å². The predicted molar refractivity (Wildman–Crippen MR) is 69.2 cm³/mol. The molecule has 1 N–H and O–H groups in total. The Morgan fingerprint density at radius 2 is 1.86 bits per heavy atom. The number of rotatable bonds is 2. The molecule has 3 rings (SSSR count). The molecule has 0 radical (unpaired) electrons. The summed E-state index contributed by atoms with van der Waals surface area (Å²) < 4.78 is 38.4. The van der Waals surface area contributed by atoms with Crippen molar-refractivity contribution in [2.45, 2.75) is 25.4 Å². The molecule has 2 aliphatic rings. The number of aromatic nitrogens is 1. The molecule has 0 amide bonds. The molecule has 0 spiro atoms. The normalized spacial score (nSPS) is 25.2. The predicted octanol–water partition coefficient (Wildman–Crippen LogP) is 3.03. The van der Waals surface area contributed by atoms with Crippen LogP contribution in [0.25, 0.3) is 0 Å². The van der Waals surface area contributed by atoms with Crippen molar-refractivity contribution in [1.82, 2.24) is 4.98 Å². The van der Waals surface area contributed by atoms with Crippen LogP contribution in [0.4, 0.5) is 19.0 Å². The molecule has 1 aliphatic heterocycles. The molecule has 114 valence electrons. The summed E-state index contributed by atoms with van der Waals surface area (Å²) >= 11 is 0. The van der Waals surface area contributed by atoms with Crippen molar-refractivity contribution in [2.24, 2.45) is 11.8 Å². The summed E-state index contributed by atoms with van der Waals surface area (Å²) in [5, 5.41) is 9.17. The van der Waals surface area contributed by atoms with Crippen molar-refractivity contribution in [3.63, 3.8) is 0 Å². The average Bonchev–Trinajstić information content (AvgIpc) is 2.97. The lowest BCUT2D eigenvalue weighted by Crippen LogP contribution is -2.25. The average molecular weight is 300 g/mol. The molecule has 7 heteroatoms. The highest BCUT2D eigenvalue weighted by molar-refractivity contribution is 5.93. The van der Waals surface area contributed by atoms with Gasteiger partial charge in [0.1, 0.15) is 17.1 Å². The number of carboxylic acid groups (broad SMARTS) is 1. The lowest BCUT2D eigenvalue weighted by Gasteiger charge is -2.21. The molecule has 1 aliphatic carbocycles. The van der Waals surface area contributed by atoms with E-state index in [0.29, 0.717) is 24.9 Å². The third-order valence-corrected chi connectivity index (χ3v) is 4.42. The van der Waals surface area contributed by atoms with Gasteiger partial charge in [-0.15, -0.1) is 0 Å². The van der Waals surface area contributed by atoms with Crippen molar-refractivity contribution in [2.75, 3.05) is 18.0 Å². The van der Waals surface area contributed by atoms with Crippen LogP contribution < -0.4 is 4.90 Å². The summed E-state index contributed by atoms with van der Waals surface area (Å²) in [6, 6.07) is 1.73. The molecule has 4 nitrogen and oxygen atoms in total. The summed E-state index contributed by atoms with van der Waals surface area (Å²) in [4.78, 5) is 16.5. The summed E-state index contributed by atoms with van der Waals surface area (Å²) in [5.74, 6) is -0.402. The van der Waals surface area contributed by atoms with E-state index in [4.69, 9.17) is 0 Å². The molecule has 0 bridgehead atoms. The zero-order valence-electron chi connectivity index (χ0n) is 11.2. The standard InChI is InChI=1S/C14H15F3N2O2/c15-14(16,17)11-5-4-10(13(20)21)12(18-11)19-6-8-2-1-3-9(8)7-19/h4-5,8-9H,1-3,6-7H2,(H,20,21). The van der Waals surface area contributed by atoms with Gasteiger partial charge in [0.2, 0.25) is 0 Å². The van der Waals surface area contributed by atoms with Crippen LogP contribution in [0.3, 0.4) is 0 Å². The third-order valence-electron chi connectivity index (χ3n) is 4.42. The van der Waals surface area contributed by atoms with E-state index in [1.54, 1.807) is 4.90 Å². The van der Waals surface area contributed by atoms with Gasteiger partial charge >= 0.3 is 12.1 Å². The smallest absolute Gasteiger partial charge is 0.433 e. The summed E-state index contributed by atoms with van der Waals surface area (Å²) in [6.07, 6.45) is -1.31. The Bertz CT molecular complexity index is 562. The highest BCUT2D eigenvalue weighted by atomic mass is 19.4. The second-order valence-electron chi connectivity index (χ2n) is 5.73. The molecular weight excluding hydrogens is 285 g/mol. The first-order chi connectivity index (χ1) is 9.86. The molecule has 2 heterocycles. The van der Waals surface area contributed by atoms with Gasteiger partial charge in [-0.1, -0.05) is 6.42 Å². The number of nitrogens with zero attached hydrogens (tertiary/aromatic N) is 2. The van der Waals surface area contributed by atoms with E-state index in [1.165, 1.54) is 0 Å². The maximum atomic E-state index is 12.8. The minimum Gasteiger partial charge on any atom is -0.478 e. The highest BCUT2D eigenvalue weighted by Crippen LogP contribution is 2.40. The second kappa shape index (κ2) is 4.89. The molecule has 2 fully saturated rings. The minimum atomic E-state index is -4.57. The van der Waals surface area contributed by atoms with E-state index in [2.05, 4.69) is 4.98 Å². The van der Waals surface area contributed by atoms with Crippen LogP contribution in [0.5, 0.6) is 0 Å². The van der Waals surface area contributed by atoms with Crippen LogP contribution in [0.15, 0.2) is 12.1 Å². The highest BCUT2D eigenvalue weighted by Gasteiger charge is 2.39. The number of carbonyl (C=O) groups is 1. The van der Waals surface area contributed by atoms with Gasteiger partial charge in [-0.05, 0) is 36.8 Å². The van der Waals surface area contributed by atoms with E-state index in [1.807, 2.05) is 0 Å². The summed E-state index contributed by atoms with van der Waals surface area (Å²) in [5.41, 5.74) is -1.21. The molecule has 21 heavy (non-hydrogen) atoms. The molecule has 0 aromatic carbocycles. The monoisotopic (exact) mass is 300 g/mol. The maximum absolute atomic E-state index is 12.8. The number of hydrogen-bond donors (Lipinski definition) is 1. The Hall–Kier alpha value is -1.79. The Labute approximate surface area is 119 Å². The topological polar surface area (TPSA) is 53.4 Å². The van der Waals surface area contributed by atoms with Crippen LogP contribution in [0.2, 0.25) is 0 Å². The fraction of sp³-hybridized carbons (Fsp3) is 0.571. The Kier molecular flexibility index (Phi) is 3.30. The molecule has 2 atom stereocenters. The van der Waals surface area contributed by atoms with Gasteiger partial charge in [-0.2, -0.15) is 13.2 Å². The van der Waals surface area contributed by atoms with Crippen LogP contribution in [0.1, 0.15) is 35.3 Å². The quantitative estimate of drug-likeness (QED) is 0.912. The number of fused-ring (bicyclic) bond motifs is 1. The van der Waals surface area contributed by atoms with Crippen LogP contribution in [0, 0.1) is 11.8 Å². The van der Waals surface area contributed by atoms with E-state index >= 15 is 0 Å². The molecular formula is C14H15F3N2O2. The maximum Gasteiger partial charge on any atom is 0.433 e. The van der Waals surface area contributed by atoms with Gasteiger partial charge < -0.3 is 10.0 Å². The summed E-state index contributed by atoms with van der Waals surface area (Å²) in [6.45, 7) is 1.19. The van der Waals surface area contributed by atoms with Gasteiger partial charge in [-0.3, -0.25) is 0 Å². The summed E-state index contributed by atoms with van der Waals surface area (Å²) in [7, 11) is 0. The fourth-order valence-electron chi connectivity index (χ4n) is 3.42. The fourth-order valence-corrected chi connectivity index (χ4v) is 3.42. The Morgan fingerprint density at radius 3 is 2.38 bits per heavy atom. The van der Waals surface area contributed by atoms with Crippen molar-refractivity contribution in [3.8, 4) is 0 Å². The van der Waals surface area contributed by atoms with Crippen molar-refractivity contribution in [1.29, 1.82) is 0 Å². The van der Waals surface area contributed by atoms with E-state index in [-0.39, 0.29) is 11.4 Å². The zero-order valence-corrected chi connectivity index (χ0v) is 11.2. The molecule has 1 aromatic rings. The number of hydrogen-bond acceptors (Lipinski definition) is 3. The number of carboxylic acids is 1. The van der Waals surface area contributed by atoms with Crippen LogP contribution in [-0.4, -0.2) is 29.1 Å². The van der Waals surface area contributed by atoms with Crippen LogP contribution >= 0.6 is 0 Å². The van der Waals surface area contributed by atoms with Gasteiger partial charge in [-0.25, -0.2) is 9.78 Å².